The van der Waals surface area contributed by atoms with Crippen molar-refractivity contribution >= 4 is 35.8 Å². The molecule has 0 aliphatic heterocycles. The number of halogens is 1. The largest absolute Gasteiger partial charge is 0.383 e. The fourth-order valence-electron chi connectivity index (χ4n) is 3.12. The molecule has 8 nitrogen and oxygen atoms in total. The number of nitrogens with one attached hydrogen (secondary N) is 3. The Labute approximate surface area is 195 Å². The van der Waals surface area contributed by atoms with E-state index in [2.05, 4.69) is 33.0 Å². The molecule has 0 atom stereocenters. The number of hydrogen-bond donors (Lipinski definition) is 3. The molecule has 0 aliphatic rings. The summed E-state index contributed by atoms with van der Waals surface area (Å²) in [4.78, 5) is 16.1. The number of carbonyl (C=O) groups is 1. The molecule has 1 heterocycles. The highest BCUT2D eigenvalue weighted by molar-refractivity contribution is 14.0. The Bertz CT molecular complexity index is 850. The summed E-state index contributed by atoms with van der Waals surface area (Å²) >= 11 is 0. The van der Waals surface area contributed by atoms with E-state index in [0.29, 0.717) is 25.3 Å². The summed E-state index contributed by atoms with van der Waals surface area (Å²) in [5.74, 6) is 0.657. The molecule has 3 N–H and O–H groups in total. The predicted molar refractivity (Wildman–Crippen MR) is 131 cm³/mol. The topological polar surface area (TPSA) is 92.6 Å². The first kappa shape index (κ1) is 25.9. The van der Waals surface area contributed by atoms with E-state index >= 15 is 0 Å². The maximum absolute atomic E-state index is 11.8. The third kappa shape index (κ3) is 7.28. The fourth-order valence-corrected chi connectivity index (χ4v) is 3.12. The van der Waals surface area contributed by atoms with Crippen LogP contribution in [0.5, 0.6) is 0 Å². The minimum atomic E-state index is -0.0749. The number of ether oxygens (including phenoxy) is 1. The van der Waals surface area contributed by atoms with Crippen molar-refractivity contribution in [2.75, 3.05) is 34.4 Å². The number of amides is 1. The highest BCUT2D eigenvalue weighted by Crippen LogP contribution is 2.12. The van der Waals surface area contributed by atoms with E-state index in [9.17, 15) is 4.79 Å². The van der Waals surface area contributed by atoms with Gasteiger partial charge in [0.15, 0.2) is 5.96 Å². The first-order valence-electron chi connectivity index (χ1n) is 9.77. The van der Waals surface area contributed by atoms with E-state index < -0.39 is 0 Å². The molecule has 30 heavy (non-hydrogen) atoms. The Morgan fingerprint density at radius 1 is 1.27 bits per heavy atom. The van der Waals surface area contributed by atoms with Crippen LogP contribution in [0, 0.1) is 13.8 Å². The first-order chi connectivity index (χ1) is 14.0. The maximum Gasteiger partial charge on any atom is 0.251 e. The Morgan fingerprint density at radius 3 is 2.70 bits per heavy atom. The molecular formula is C21H33IN6O2. The third-order valence-corrected chi connectivity index (χ3v) is 4.82. The van der Waals surface area contributed by atoms with Crippen LogP contribution in [0.2, 0.25) is 0 Å². The van der Waals surface area contributed by atoms with Crippen LogP contribution >= 0.6 is 24.0 Å². The van der Waals surface area contributed by atoms with Gasteiger partial charge in [0.25, 0.3) is 5.91 Å². The number of benzene rings is 1. The van der Waals surface area contributed by atoms with Gasteiger partial charge in [-0.05, 0) is 38.0 Å². The maximum atomic E-state index is 11.8. The zero-order valence-corrected chi connectivity index (χ0v) is 20.7. The molecule has 1 amide bonds. The molecule has 2 rings (SSSR count). The van der Waals surface area contributed by atoms with Gasteiger partial charge in [0.05, 0.1) is 18.8 Å². The van der Waals surface area contributed by atoms with Gasteiger partial charge in [0.1, 0.15) is 0 Å². The number of methoxy groups -OCH3 is 1. The summed E-state index contributed by atoms with van der Waals surface area (Å²) in [7, 11) is 5.08. The van der Waals surface area contributed by atoms with Crippen molar-refractivity contribution < 1.29 is 9.53 Å². The lowest BCUT2D eigenvalue weighted by Gasteiger charge is -2.13. The standard InChI is InChI=1S/C21H32N6O2.HI/c1-15-19(16(2)27(26-15)11-12-29-5)14-25-21(23-4)24-10-9-17-7-6-8-18(13-17)20(28)22-3;/h6-8,13H,9-12,14H2,1-5H3,(H,22,28)(H2,23,24,25);1H. The zero-order valence-electron chi connectivity index (χ0n) is 18.4. The van der Waals surface area contributed by atoms with Gasteiger partial charge < -0.3 is 20.7 Å². The zero-order chi connectivity index (χ0) is 21.2. The van der Waals surface area contributed by atoms with Crippen molar-refractivity contribution in [1.82, 2.24) is 25.7 Å². The van der Waals surface area contributed by atoms with Crippen LogP contribution in [0.15, 0.2) is 29.3 Å². The van der Waals surface area contributed by atoms with Gasteiger partial charge in [-0.15, -0.1) is 24.0 Å². The average molecular weight is 528 g/mol. The summed E-state index contributed by atoms with van der Waals surface area (Å²) in [6.45, 7) is 6.83. The van der Waals surface area contributed by atoms with Crippen LogP contribution < -0.4 is 16.0 Å². The van der Waals surface area contributed by atoms with E-state index in [4.69, 9.17) is 4.74 Å². The molecule has 0 aliphatic carbocycles. The number of carbonyl (C=O) groups excluding carboxylic acids is 1. The molecule has 9 heteroatoms. The Hall–Kier alpha value is -2.14. The lowest BCUT2D eigenvalue weighted by atomic mass is 10.1. The predicted octanol–water partition coefficient (Wildman–Crippen LogP) is 2.03. The number of aliphatic imine (C=N–C) groups is 1. The average Bonchev–Trinajstić information content (AvgIpc) is 3.01. The smallest absolute Gasteiger partial charge is 0.251 e. The molecular weight excluding hydrogens is 495 g/mol. The second-order valence-electron chi connectivity index (χ2n) is 6.75. The second-order valence-corrected chi connectivity index (χ2v) is 6.75. The number of rotatable bonds is 9. The van der Waals surface area contributed by atoms with Crippen LogP contribution in [0.4, 0.5) is 0 Å². The van der Waals surface area contributed by atoms with Crippen molar-refractivity contribution in [3.63, 3.8) is 0 Å². The van der Waals surface area contributed by atoms with E-state index in [1.807, 2.05) is 35.9 Å². The highest BCUT2D eigenvalue weighted by atomic mass is 127. The lowest BCUT2D eigenvalue weighted by molar-refractivity contribution is 0.0963. The van der Waals surface area contributed by atoms with Crippen molar-refractivity contribution in [2.45, 2.75) is 33.4 Å². The highest BCUT2D eigenvalue weighted by Gasteiger charge is 2.12. The van der Waals surface area contributed by atoms with Gasteiger partial charge in [-0.1, -0.05) is 12.1 Å². The Balaban J connectivity index is 0.00000450. The van der Waals surface area contributed by atoms with Crippen molar-refractivity contribution in [2.24, 2.45) is 4.99 Å². The van der Waals surface area contributed by atoms with Crippen LogP contribution in [-0.4, -0.2) is 56.0 Å². The monoisotopic (exact) mass is 528 g/mol. The first-order valence-corrected chi connectivity index (χ1v) is 9.77. The molecule has 1 aromatic carbocycles. The van der Waals surface area contributed by atoms with Crippen molar-refractivity contribution in [3.05, 3.63) is 52.3 Å². The fraction of sp³-hybridized carbons (Fsp3) is 0.476. The van der Waals surface area contributed by atoms with Crippen molar-refractivity contribution in [3.8, 4) is 0 Å². The molecule has 0 radical (unpaired) electrons. The number of nitrogens with zero attached hydrogens (tertiary/aromatic N) is 3. The summed E-state index contributed by atoms with van der Waals surface area (Å²) in [5.41, 5.74) is 5.08. The van der Waals surface area contributed by atoms with Gasteiger partial charge in [-0.2, -0.15) is 5.10 Å². The van der Waals surface area contributed by atoms with Gasteiger partial charge in [-0.25, -0.2) is 0 Å². The normalized spacial score (nSPS) is 11.0. The number of aryl methyl sites for hydroxylation is 1. The van der Waals surface area contributed by atoms with Crippen LogP contribution in [0.25, 0.3) is 0 Å². The SMILES string of the molecule is CN=C(NCCc1cccc(C(=O)NC)c1)NCc1c(C)nn(CCOC)c1C.I. The van der Waals surface area contributed by atoms with Gasteiger partial charge in [-0.3, -0.25) is 14.5 Å². The van der Waals surface area contributed by atoms with Gasteiger partial charge in [0, 0.05) is 51.1 Å². The van der Waals surface area contributed by atoms with Crippen LogP contribution in [0.1, 0.15) is 32.9 Å². The van der Waals surface area contributed by atoms with Gasteiger partial charge >= 0.3 is 0 Å². The summed E-state index contributed by atoms with van der Waals surface area (Å²) in [6, 6.07) is 7.65. The molecule has 0 saturated heterocycles. The number of aromatic nitrogens is 2. The van der Waals surface area contributed by atoms with E-state index in [1.54, 1.807) is 21.2 Å². The number of guanidine groups is 1. The third-order valence-electron chi connectivity index (χ3n) is 4.82. The quantitative estimate of drug-likeness (QED) is 0.263. The van der Waals surface area contributed by atoms with Crippen LogP contribution in [-0.2, 0) is 24.2 Å². The molecule has 0 unspecified atom stereocenters. The van der Waals surface area contributed by atoms with Crippen LogP contribution in [0.3, 0.4) is 0 Å². The summed E-state index contributed by atoms with van der Waals surface area (Å²) < 4.78 is 7.12. The summed E-state index contributed by atoms with van der Waals surface area (Å²) in [6.07, 6.45) is 0.790. The second kappa shape index (κ2) is 13.2. The molecule has 0 bridgehead atoms. The Morgan fingerprint density at radius 2 is 2.03 bits per heavy atom. The van der Waals surface area contributed by atoms with Crippen molar-refractivity contribution in [1.29, 1.82) is 0 Å². The lowest BCUT2D eigenvalue weighted by Crippen LogP contribution is -2.38. The molecule has 166 valence electrons. The Kier molecular flexibility index (Phi) is 11.4. The van der Waals surface area contributed by atoms with E-state index in [-0.39, 0.29) is 29.9 Å². The minimum Gasteiger partial charge on any atom is -0.383 e. The number of hydrogen-bond acceptors (Lipinski definition) is 4. The molecule has 0 saturated carbocycles. The molecule has 1 aromatic heterocycles. The molecule has 2 aromatic rings. The van der Waals surface area contributed by atoms with Gasteiger partial charge in [0.2, 0.25) is 0 Å². The molecule has 0 fully saturated rings. The minimum absolute atomic E-state index is 0. The van der Waals surface area contributed by atoms with E-state index in [1.165, 1.54) is 5.56 Å². The van der Waals surface area contributed by atoms with E-state index in [0.717, 1.165) is 35.9 Å². The molecule has 0 spiro atoms. The summed E-state index contributed by atoms with van der Waals surface area (Å²) in [5, 5.41) is 13.9.